The van der Waals surface area contributed by atoms with E-state index in [2.05, 4.69) is 14.3 Å². The fraction of sp³-hybridized carbons (Fsp3) is 0. The van der Waals surface area contributed by atoms with Crippen LogP contribution in [0.25, 0.3) is 0 Å². The fourth-order valence-electron chi connectivity index (χ4n) is 1.04. The van der Waals surface area contributed by atoms with Crippen molar-refractivity contribution in [2.24, 2.45) is 0 Å². The SMILES string of the molecule is O=[P+](Oc1ccccn1)O[P+](=O)Oc1ccccn1. The molecule has 0 aromatic carbocycles. The van der Waals surface area contributed by atoms with E-state index >= 15 is 0 Å². The van der Waals surface area contributed by atoms with Gasteiger partial charge in [0.1, 0.15) is 0 Å². The summed E-state index contributed by atoms with van der Waals surface area (Å²) in [6, 6.07) is 9.62. The molecule has 0 radical (unpaired) electrons. The number of aromatic nitrogens is 2. The normalized spacial score (nSPS) is 11.6. The van der Waals surface area contributed by atoms with Crippen molar-refractivity contribution in [2.45, 2.75) is 0 Å². The maximum atomic E-state index is 11.4. The Morgan fingerprint density at radius 1 is 0.789 bits per heavy atom. The van der Waals surface area contributed by atoms with Gasteiger partial charge in [0, 0.05) is 33.7 Å². The van der Waals surface area contributed by atoms with E-state index in [1.54, 1.807) is 24.3 Å². The zero-order chi connectivity index (χ0) is 13.5. The van der Waals surface area contributed by atoms with Crippen molar-refractivity contribution in [3.8, 4) is 11.8 Å². The van der Waals surface area contributed by atoms with Gasteiger partial charge in [0.05, 0.1) is 0 Å². The second-order valence-corrected chi connectivity index (χ2v) is 4.96. The minimum Gasteiger partial charge on any atom is -0.217 e. The van der Waals surface area contributed by atoms with E-state index in [9.17, 15) is 9.13 Å². The molecule has 0 spiro atoms. The van der Waals surface area contributed by atoms with Crippen LogP contribution in [0.15, 0.2) is 48.8 Å². The molecule has 0 bridgehead atoms. The lowest BCUT2D eigenvalue weighted by atomic mass is 10.5. The zero-order valence-electron chi connectivity index (χ0n) is 9.45. The molecule has 0 fully saturated rings. The fourth-order valence-corrected chi connectivity index (χ4v) is 2.27. The topological polar surface area (TPSA) is 87.6 Å². The van der Waals surface area contributed by atoms with E-state index in [1.165, 1.54) is 24.5 Å². The Balaban J connectivity index is 1.84. The van der Waals surface area contributed by atoms with Crippen LogP contribution in [0.4, 0.5) is 0 Å². The van der Waals surface area contributed by atoms with Gasteiger partial charge in [-0.3, -0.25) is 0 Å². The van der Waals surface area contributed by atoms with Gasteiger partial charge >= 0.3 is 16.5 Å². The number of rotatable bonds is 6. The number of hydrogen-bond donors (Lipinski definition) is 0. The third kappa shape index (κ3) is 4.67. The molecule has 0 aliphatic carbocycles. The molecule has 2 unspecified atom stereocenters. The van der Waals surface area contributed by atoms with Crippen molar-refractivity contribution in [2.75, 3.05) is 0 Å². The summed E-state index contributed by atoms with van der Waals surface area (Å²) in [4.78, 5) is 7.55. The molecular weight excluding hydrogens is 290 g/mol. The third-order valence-corrected chi connectivity index (χ3v) is 3.48. The first kappa shape index (κ1) is 13.5. The molecule has 96 valence electrons. The van der Waals surface area contributed by atoms with Crippen LogP contribution >= 0.6 is 16.5 Å². The summed E-state index contributed by atoms with van der Waals surface area (Å²) in [5, 5.41) is 0. The second-order valence-electron chi connectivity index (χ2n) is 3.05. The zero-order valence-corrected chi connectivity index (χ0v) is 11.2. The van der Waals surface area contributed by atoms with Crippen molar-refractivity contribution >= 4 is 16.5 Å². The second kappa shape index (κ2) is 6.85. The van der Waals surface area contributed by atoms with Crippen LogP contribution < -0.4 is 9.05 Å². The molecule has 2 aromatic rings. The molecule has 0 N–H and O–H groups in total. The highest BCUT2D eigenvalue weighted by Crippen LogP contribution is 2.39. The molecule has 0 aliphatic heterocycles. The van der Waals surface area contributed by atoms with E-state index in [4.69, 9.17) is 9.05 Å². The molecule has 2 aromatic heterocycles. The van der Waals surface area contributed by atoms with Gasteiger partial charge < -0.3 is 0 Å². The van der Waals surface area contributed by atoms with E-state index in [-0.39, 0.29) is 11.8 Å². The first-order valence-corrected chi connectivity index (χ1v) is 7.24. The van der Waals surface area contributed by atoms with Crippen molar-refractivity contribution in [1.29, 1.82) is 0 Å². The molecule has 0 amide bonds. The minimum absolute atomic E-state index is 0.102. The summed E-state index contributed by atoms with van der Waals surface area (Å²) in [5.74, 6) is 0.203. The van der Waals surface area contributed by atoms with Crippen LogP contribution in [0.3, 0.4) is 0 Å². The third-order valence-electron chi connectivity index (χ3n) is 1.74. The van der Waals surface area contributed by atoms with E-state index in [0.29, 0.717) is 0 Å². The highest BCUT2D eigenvalue weighted by molar-refractivity contribution is 7.48. The number of nitrogens with zero attached hydrogens (tertiary/aromatic N) is 2. The van der Waals surface area contributed by atoms with Crippen LogP contribution in [-0.4, -0.2) is 9.97 Å². The van der Waals surface area contributed by atoms with Crippen LogP contribution in [0, 0.1) is 0 Å². The molecule has 2 atom stereocenters. The van der Waals surface area contributed by atoms with Gasteiger partial charge in [-0.05, 0) is 12.1 Å². The van der Waals surface area contributed by atoms with Crippen molar-refractivity contribution in [3.05, 3.63) is 48.8 Å². The lowest BCUT2D eigenvalue weighted by Crippen LogP contribution is -1.88. The largest absolute Gasteiger partial charge is 0.802 e. The van der Waals surface area contributed by atoms with Crippen molar-refractivity contribution in [1.82, 2.24) is 9.97 Å². The highest BCUT2D eigenvalue weighted by atomic mass is 31.2. The Kier molecular flexibility index (Phi) is 4.86. The number of hydrogen-bond acceptors (Lipinski definition) is 7. The van der Waals surface area contributed by atoms with Gasteiger partial charge in [-0.1, -0.05) is 12.1 Å². The Labute approximate surface area is 110 Å². The smallest absolute Gasteiger partial charge is 0.217 e. The van der Waals surface area contributed by atoms with Gasteiger partial charge in [-0.2, -0.15) is 0 Å². The summed E-state index contributed by atoms with van der Waals surface area (Å²) in [7, 11) is -5.28. The molecule has 2 rings (SSSR count). The molecule has 9 heteroatoms. The van der Waals surface area contributed by atoms with Crippen LogP contribution in [-0.2, 0) is 13.4 Å². The van der Waals surface area contributed by atoms with Crippen LogP contribution in [0.5, 0.6) is 11.8 Å². The lowest BCUT2D eigenvalue weighted by molar-refractivity contribution is 0.372. The molecule has 0 saturated carbocycles. The first-order valence-electron chi connectivity index (χ1n) is 5.04. The maximum Gasteiger partial charge on any atom is 0.802 e. The average molecular weight is 298 g/mol. The summed E-state index contributed by atoms with van der Waals surface area (Å²) >= 11 is 0. The number of pyridine rings is 2. The minimum atomic E-state index is -2.64. The van der Waals surface area contributed by atoms with Gasteiger partial charge in [0.25, 0.3) is 11.8 Å². The Bertz CT molecular complexity index is 515. The van der Waals surface area contributed by atoms with E-state index < -0.39 is 16.5 Å². The Morgan fingerprint density at radius 3 is 1.63 bits per heavy atom. The van der Waals surface area contributed by atoms with Crippen molar-refractivity contribution < 1.29 is 22.5 Å². The van der Waals surface area contributed by atoms with Gasteiger partial charge in [0.15, 0.2) is 4.31 Å². The Morgan fingerprint density at radius 2 is 1.26 bits per heavy atom. The van der Waals surface area contributed by atoms with E-state index in [1.807, 2.05) is 0 Å². The predicted octanol–water partition coefficient (Wildman–Crippen LogP) is 3.27. The molecule has 0 aliphatic rings. The monoisotopic (exact) mass is 298 g/mol. The standard InChI is InChI=1S/C10H8N2O5P2/c13-18(15-9-5-1-3-7-11-9)17-19(14)16-10-6-2-4-8-12-10/h1-8H/q+2. The summed E-state index contributed by atoms with van der Waals surface area (Å²) < 4.78 is 37.0. The first-order chi connectivity index (χ1) is 9.24. The predicted molar refractivity (Wildman–Crippen MR) is 66.0 cm³/mol. The highest BCUT2D eigenvalue weighted by Gasteiger charge is 2.43. The average Bonchev–Trinajstić information content (AvgIpc) is 2.40. The molecule has 0 saturated heterocycles. The summed E-state index contributed by atoms with van der Waals surface area (Å²) in [6.07, 6.45) is 2.92. The summed E-state index contributed by atoms with van der Waals surface area (Å²) in [5.41, 5.74) is 0. The maximum absolute atomic E-state index is 11.4. The van der Waals surface area contributed by atoms with Gasteiger partial charge in [-0.15, -0.1) is 0 Å². The molecule has 2 heterocycles. The quantitative estimate of drug-likeness (QED) is 0.756. The molecular formula is C10H8N2O5P2+2. The lowest BCUT2D eigenvalue weighted by Gasteiger charge is -1.87. The molecule has 19 heavy (non-hydrogen) atoms. The Hall–Kier alpha value is -1.94. The van der Waals surface area contributed by atoms with E-state index in [0.717, 1.165) is 0 Å². The summed E-state index contributed by atoms with van der Waals surface area (Å²) in [6.45, 7) is 0. The van der Waals surface area contributed by atoms with Crippen molar-refractivity contribution in [3.63, 3.8) is 0 Å². The van der Waals surface area contributed by atoms with Crippen LogP contribution in [0.1, 0.15) is 0 Å². The molecule has 7 nitrogen and oxygen atoms in total. The van der Waals surface area contributed by atoms with Crippen LogP contribution in [0.2, 0.25) is 0 Å². The van der Waals surface area contributed by atoms with Gasteiger partial charge in [-0.25, -0.2) is 19.0 Å². The van der Waals surface area contributed by atoms with Gasteiger partial charge in [0.2, 0.25) is 0 Å².